The minimum Gasteiger partial charge on any atom is -0.380 e. The summed E-state index contributed by atoms with van der Waals surface area (Å²) in [6, 6.07) is 18.3. The zero-order valence-corrected chi connectivity index (χ0v) is 14.6. The summed E-state index contributed by atoms with van der Waals surface area (Å²) in [7, 11) is 0. The van der Waals surface area contributed by atoms with E-state index < -0.39 is 5.60 Å². The first-order chi connectivity index (χ1) is 10.1. The van der Waals surface area contributed by atoms with Gasteiger partial charge in [0.2, 0.25) is 0 Å². The molecule has 0 aliphatic carbocycles. The Morgan fingerprint density at radius 2 is 1.09 bits per heavy atom. The van der Waals surface area contributed by atoms with Gasteiger partial charge in [0, 0.05) is 0 Å². The van der Waals surface area contributed by atoms with Crippen molar-refractivity contribution in [1.82, 2.24) is 0 Å². The molecule has 0 aromatic heterocycles. The zero-order valence-electron chi connectivity index (χ0n) is 14.6. The predicted octanol–water partition coefficient (Wildman–Crippen LogP) is 5.27. The van der Waals surface area contributed by atoms with Crippen molar-refractivity contribution in [3.63, 3.8) is 0 Å². The van der Waals surface area contributed by atoms with E-state index in [-0.39, 0.29) is 10.8 Å². The topological polar surface area (TPSA) is 20.2 Å². The lowest BCUT2D eigenvalue weighted by atomic mass is 9.65. The van der Waals surface area contributed by atoms with Crippen LogP contribution in [0.3, 0.4) is 0 Å². The Balaban J connectivity index is 2.79. The molecule has 2 aromatic carbocycles. The lowest BCUT2D eigenvalue weighted by Crippen LogP contribution is -2.42. The van der Waals surface area contributed by atoms with Crippen LogP contribution in [0.25, 0.3) is 0 Å². The summed E-state index contributed by atoms with van der Waals surface area (Å²) < 4.78 is 0. The van der Waals surface area contributed by atoms with Gasteiger partial charge in [0.05, 0.1) is 0 Å². The molecular formula is C21H28O. The molecule has 1 atom stereocenters. The highest BCUT2D eigenvalue weighted by Crippen LogP contribution is 2.47. The van der Waals surface area contributed by atoms with E-state index in [1.54, 1.807) is 0 Å². The van der Waals surface area contributed by atoms with Crippen molar-refractivity contribution in [1.29, 1.82) is 0 Å². The summed E-state index contributed by atoms with van der Waals surface area (Å²) in [5, 5.41) is 11.8. The van der Waals surface area contributed by atoms with Crippen molar-refractivity contribution in [2.45, 2.75) is 52.6 Å². The van der Waals surface area contributed by atoms with Gasteiger partial charge in [-0.05, 0) is 27.5 Å². The molecule has 2 rings (SSSR count). The van der Waals surface area contributed by atoms with Gasteiger partial charge in [-0.1, -0.05) is 96.1 Å². The van der Waals surface area contributed by atoms with Crippen molar-refractivity contribution >= 4 is 0 Å². The van der Waals surface area contributed by atoms with Crippen molar-refractivity contribution in [3.05, 3.63) is 71.3 Å². The number of hydrogen-bond acceptors (Lipinski definition) is 1. The van der Waals surface area contributed by atoms with E-state index in [0.29, 0.717) is 0 Å². The molecule has 0 heterocycles. The van der Waals surface area contributed by atoms with E-state index >= 15 is 0 Å². The number of rotatable bonds is 2. The average Bonchev–Trinajstić information content (AvgIpc) is 2.45. The molecule has 0 bridgehead atoms. The first-order valence-corrected chi connectivity index (χ1v) is 7.96. The van der Waals surface area contributed by atoms with Gasteiger partial charge in [0.15, 0.2) is 0 Å². The molecule has 1 heteroatoms. The van der Waals surface area contributed by atoms with E-state index in [4.69, 9.17) is 0 Å². The molecule has 22 heavy (non-hydrogen) atoms. The number of aliphatic hydroxyl groups is 1. The minimum absolute atomic E-state index is 0.0232. The third-order valence-corrected chi connectivity index (χ3v) is 4.40. The van der Waals surface area contributed by atoms with E-state index in [1.165, 1.54) is 5.56 Å². The molecule has 0 aliphatic rings. The molecule has 0 radical (unpaired) electrons. The smallest absolute Gasteiger partial charge is 0.120 e. The first-order valence-electron chi connectivity index (χ1n) is 7.96. The molecule has 0 amide bonds. The Hall–Kier alpha value is -1.60. The summed E-state index contributed by atoms with van der Waals surface area (Å²) in [6.45, 7) is 12.9. The summed E-state index contributed by atoms with van der Waals surface area (Å²) in [6.07, 6.45) is 0. The monoisotopic (exact) mass is 296 g/mol. The van der Waals surface area contributed by atoms with Gasteiger partial charge < -0.3 is 5.11 Å². The quantitative estimate of drug-likeness (QED) is 0.800. The molecule has 2 aromatic rings. The molecule has 0 spiro atoms. The van der Waals surface area contributed by atoms with Gasteiger partial charge in [0.1, 0.15) is 5.60 Å². The third-order valence-electron chi connectivity index (χ3n) is 4.40. The molecule has 1 nitrogen and oxygen atoms in total. The first kappa shape index (κ1) is 16.8. The third kappa shape index (κ3) is 2.83. The van der Waals surface area contributed by atoms with Crippen molar-refractivity contribution in [2.24, 2.45) is 5.41 Å². The van der Waals surface area contributed by atoms with Crippen LogP contribution in [-0.4, -0.2) is 5.11 Å². The molecule has 0 aliphatic heterocycles. The fraction of sp³-hybridized carbons (Fsp3) is 0.429. The van der Waals surface area contributed by atoms with Crippen LogP contribution in [-0.2, 0) is 11.0 Å². The summed E-state index contributed by atoms with van der Waals surface area (Å²) >= 11 is 0. The highest BCUT2D eigenvalue weighted by atomic mass is 16.3. The van der Waals surface area contributed by atoms with E-state index in [9.17, 15) is 5.11 Å². The lowest BCUT2D eigenvalue weighted by Gasteiger charge is -2.44. The van der Waals surface area contributed by atoms with Crippen LogP contribution in [0.2, 0.25) is 0 Å². The van der Waals surface area contributed by atoms with Crippen molar-refractivity contribution in [2.75, 3.05) is 0 Å². The summed E-state index contributed by atoms with van der Waals surface area (Å²) in [4.78, 5) is 0. The SMILES string of the molecule is CC(C)(C)c1ccccc1C(O)(c1ccccc1)C(C)(C)C. The Morgan fingerprint density at radius 1 is 0.636 bits per heavy atom. The molecule has 1 N–H and O–H groups in total. The normalized spacial score (nSPS) is 15.4. The van der Waals surface area contributed by atoms with E-state index in [0.717, 1.165) is 11.1 Å². The molecule has 0 saturated heterocycles. The zero-order chi connectivity index (χ0) is 16.6. The van der Waals surface area contributed by atoms with Gasteiger partial charge in [-0.25, -0.2) is 0 Å². The highest BCUT2D eigenvalue weighted by Gasteiger charge is 2.45. The molecule has 1 unspecified atom stereocenters. The standard InChI is InChI=1S/C21H28O/c1-19(2,3)17-14-10-11-15-18(17)21(22,20(4,5)6)16-12-8-7-9-13-16/h7-15,22H,1-6H3. The number of hydrogen-bond donors (Lipinski definition) is 1. The van der Waals surface area contributed by atoms with Gasteiger partial charge >= 0.3 is 0 Å². The Bertz CT molecular complexity index is 629. The molecule has 0 fully saturated rings. The van der Waals surface area contributed by atoms with Crippen molar-refractivity contribution in [3.8, 4) is 0 Å². The minimum atomic E-state index is -1.03. The van der Waals surface area contributed by atoms with Gasteiger partial charge in [0.25, 0.3) is 0 Å². The fourth-order valence-corrected chi connectivity index (χ4v) is 3.12. The second-order valence-corrected chi connectivity index (χ2v) is 8.12. The van der Waals surface area contributed by atoms with Crippen LogP contribution in [0.4, 0.5) is 0 Å². The number of benzene rings is 2. The van der Waals surface area contributed by atoms with Crippen LogP contribution in [0.15, 0.2) is 54.6 Å². The average molecular weight is 296 g/mol. The maximum Gasteiger partial charge on any atom is 0.120 e. The van der Waals surface area contributed by atoms with Crippen LogP contribution in [0, 0.1) is 5.41 Å². The highest BCUT2D eigenvalue weighted by molar-refractivity contribution is 5.45. The molecule has 118 valence electrons. The maximum atomic E-state index is 11.8. The Kier molecular flexibility index (Phi) is 4.23. The molecular weight excluding hydrogens is 268 g/mol. The predicted molar refractivity (Wildman–Crippen MR) is 94.0 cm³/mol. The van der Waals surface area contributed by atoms with Gasteiger partial charge in [-0.15, -0.1) is 0 Å². The second kappa shape index (κ2) is 5.55. The second-order valence-electron chi connectivity index (χ2n) is 8.12. The van der Waals surface area contributed by atoms with Crippen LogP contribution in [0.5, 0.6) is 0 Å². The lowest BCUT2D eigenvalue weighted by molar-refractivity contribution is -0.0272. The maximum absolute atomic E-state index is 11.8. The Morgan fingerprint density at radius 3 is 1.55 bits per heavy atom. The summed E-state index contributed by atoms with van der Waals surface area (Å²) in [5.41, 5.74) is 1.76. The largest absolute Gasteiger partial charge is 0.380 e. The van der Waals surface area contributed by atoms with E-state index in [1.807, 2.05) is 36.4 Å². The Labute approximate surface area is 135 Å². The van der Waals surface area contributed by atoms with Crippen molar-refractivity contribution < 1.29 is 5.11 Å². The van der Waals surface area contributed by atoms with Crippen LogP contribution in [0.1, 0.15) is 58.2 Å². The summed E-state index contributed by atoms with van der Waals surface area (Å²) in [5.74, 6) is 0. The molecule has 0 saturated carbocycles. The van der Waals surface area contributed by atoms with Gasteiger partial charge in [-0.3, -0.25) is 0 Å². The van der Waals surface area contributed by atoms with Crippen LogP contribution >= 0.6 is 0 Å². The van der Waals surface area contributed by atoms with Crippen LogP contribution < -0.4 is 0 Å². The van der Waals surface area contributed by atoms with E-state index in [2.05, 4.69) is 59.7 Å². The fourth-order valence-electron chi connectivity index (χ4n) is 3.12. The van der Waals surface area contributed by atoms with Gasteiger partial charge in [-0.2, -0.15) is 0 Å².